The van der Waals surface area contributed by atoms with Gasteiger partial charge < -0.3 is 10.6 Å². The van der Waals surface area contributed by atoms with Gasteiger partial charge in [0.15, 0.2) is 11.6 Å². The Morgan fingerprint density at radius 2 is 1.11 bits per heavy atom. The fourth-order valence-electron chi connectivity index (χ4n) is 4.70. The van der Waals surface area contributed by atoms with Crippen molar-refractivity contribution in [1.82, 2.24) is 16.1 Å². The van der Waals surface area contributed by atoms with E-state index in [1.807, 2.05) is 35.8 Å². The standard InChI is InChI=1S/C20H15NO2.C15H13N3O3/c1-2-8-17(14-9-4-3-5-10-14)21-18-13-19(22)15-11-6-7-12-16(15)20(18)23;1-2-5-11(15(21)18-16)17-12-8-13(19)9-6-3-4-7-10(9)14(12)20/h1,3-7,9-13,17,21H,8H2;1,3-4,6-8,11,17H,5,16H2,(H,18,21). The van der Waals surface area contributed by atoms with E-state index >= 15 is 0 Å². The third kappa shape index (κ3) is 6.88. The van der Waals surface area contributed by atoms with Crippen LogP contribution in [0.1, 0.15) is 65.9 Å². The molecule has 2 aliphatic rings. The van der Waals surface area contributed by atoms with Crippen LogP contribution in [-0.4, -0.2) is 35.1 Å². The van der Waals surface area contributed by atoms with Crippen molar-refractivity contribution in [2.24, 2.45) is 5.84 Å². The van der Waals surface area contributed by atoms with Gasteiger partial charge in [-0.05, 0) is 5.56 Å². The van der Waals surface area contributed by atoms with Crippen LogP contribution in [0.4, 0.5) is 0 Å². The summed E-state index contributed by atoms with van der Waals surface area (Å²) in [5.74, 6) is 8.41. The summed E-state index contributed by atoms with van der Waals surface area (Å²) in [7, 11) is 0. The molecular weight excluding hydrogens is 556 g/mol. The first kappa shape index (κ1) is 30.9. The Morgan fingerprint density at radius 3 is 1.59 bits per heavy atom. The van der Waals surface area contributed by atoms with Gasteiger partial charge in [0.05, 0.1) is 17.4 Å². The van der Waals surface area contributed by atoms with E-state index in [4.69, 9.17) is 18.7 Å². The molecule has 0 aliphatic heterocycles. The fraction of sp³-hybridized carbons (Fsp3) is 0.114. The van der Waals surface area contributed by atoms with Crippen LogP contribution in [0.15, 0.2) is 102 Å². The third-order valence-electron chi connectivity index (χ3n) is 6.88. The second kappa shape index (κ2) is 14.2. The highest BCUT2D eigenvalue weighted by Crippen LogP contribution is 2.24. The van der Waals surface area contributed by atoms with E-state index < -0.39 is 11.9 Å². The Kier molecular flexibility index (Phi) is 10.0. The number of fused-ring (bicyclic) bond motifs is 2. The lowest BCUT2D eigenvalue weighted by atomic mass is 9.92. The predicted molar refractivity (Wildman–Crippen MR) is 165 cm³/mol. The fourth-order valence-corrected chi connectivity index (χ4v) is 4.70. The predicted octanol–water partition coefficient (Wildman–Crippen LogP) is 3.22. The summed E-state index contributed by atoms with van der Waals surface area (Å²) in [6.45, 7) is 0. The summed E-state index contributed by atoms with van der Waals surface area (Å²) in [6, 6.07) is 21.9. The summed E-state index contributed by atoms with van der Waals surface area (Å²) in [4.78, 5) is 60.7. The number of benzene rings is 3. The van der Waals surface area contributed by atoms with Gasteiger partial charge in [-0.25, -0.2) is 5.84 Å². The normalized spacial score (nSPS) is 14.5. The van der Waals surface area contributed by atoms with Crippen molar-refractivity contribution in [3.63, 3.8) is 0 Å². The number of rotatable bonds is 8. The highest BCUT2D eigenvalue weighted by Gasteiger charge is 2.29. The number of Topliss-reactive ketones (excluding diaryl/α,β-unsaturated/α-hetero) is 2. The molecule has 3 aromatic rings. The molecule has 1 amide bonds. The summed E-state index contributed by atoms with van der Waals surface area (Å²) in [5, 5.41) is 5.83. The van der Waals surface area contributed by atoms with Crippen LogP contribution in [-0.2, 0) is 4.79 Å². The maximum absolute atomic E-state index is 12.6. The Balaban J connectivity index is 0.000000202. The van der Waals surface area contributed by atoms with Crippen LogP contribution in [0.25, 0.3) is 0 Å². The third-order valence-corrected chi connectivity index (χ3v) is 6.88. The summed E-state index contributed by atoms with van der Waals surface area (Å²) in [5.41, 5.74) is 4.76. The molecule has 9 heteroatoms. The van der Waals surface area contributed by atoms with Crippen LogP contribution in [0, 0.1) is 24.7 Å². The average molecular weight is 585 g/mol. The molecule has 0 heterocycles. The van der Waals surface area contributed by atoms with E-state index in [1.165, 1.54) is 6.08 Å². The molecule has 44 heavy (non-hydrogen) atoms. The van der Waals surface area contributed by atoms with Crippen molar-refractivity contribution in [3.8, 4) is 24.7 Å². The summed E-state index contributed by atoms with van der Waals surface area (Å²) in [6.07, 6.45) is 13.6. The number of carbonyl (C=O) groups is 5. The number of terminal acetylenes is 2. The zero-order chi connectivity index (χ0) is 31.6. The number of hydrogen-bond acceptors (Lipinski definition) is 8. The Bertz CT molecular complexity index is 1780. The van der Waals surface area contributed by atoms with Crippen LogP contribution >= 0.6 is 0 Å². The molecule has 5 rings (SSSR count). The minimum atomic E-state index is -0.881. The van der Waals surface area contributed by atoms with Gasteiger partial charge in [-0.3, -0.25) is 29.4 Å². The molecule has 2 atom stereocenters. The van der Waals surface area contributed by atoms with E-state index in [9.17, 15) is 24.0 Å². The number of hydrogen-bond donors (Lipinski definition) is 4. The average Bonchev–Trinajstić information content (AvgIpc) is 3.05. The molecule has 2 unspecified atom stereocenters. The topological polar surface area (TPSA) is 147 Å². The molecule has 9 nitrogen and oxygen atoms in total. The van der Waals surface area contributed by atoms with Crippen molar-refractivity contribution in [2.75, 3.05) is 0 Å². The highest BCUT2D eigenvalue weighted by molar-refractivity contribution is 6.25. The van der Waals surface area contributed by atoms with Gasteiger partial charge >= 0.3 is 0 Å². The van der Waals surface area contributed by atoms with Crippen molar-refractivity contribution >= 4 is 29.0 Å². The van der Waals surface area contributed by atoms with Gasteiger partial charge in [0.1, 0.15) is 6.04 Å². The minimum Gasteiger partial charge on any atom is -0.374 e. The first-order chi connectivity index (χ1) is 21.3. The molecule has 0 spiro atoms. The number of hydrazine groups is 1. The molecule has 218 valence electrons. The lowest BCUT2D eigenvalue weighted by molar-refractivity contribution is -0.122. The minimum absolute atomic E-state index is 0.0301. The van der Waals surface area contributed by atoms with Crippen molar-refractivity contribution in [2.45, 2.75) is 24.9 Å². The number of nitrogens with one attached hydrogen (secondary N) is 3. The van der Waals surface area contributed by atoms with Gasteiger partial charge in [-0.2, -0.15) is 0 Å². The van der Waals surface area contributed by atoms with E-state index in [1.54, 1.807) is 48.5 Å². The number of allylic oxidation sites excluding steroid dienone is 4. The first-order valence-electron chi connectivity index (χ1n) is 13.5. The van der Waals surface area contributed by atoms with Gasteiger partial charge in [0.2, 0.25) is 11.6 Å². The molecule has 3 aromatic carbocycles. The van der Waals surface area contributed by atoms with Crippen molar-refractivity contribution in [3.05, 3.63) is 130 Å². The second-order valence-corrected chi connectivity index (χ2v) is 9.72. The van der Waals surface area contributed by atoms with Crippen LogP contribution < -0.4 is 21.9 Å². The Labute approximate surface area is 254 Å². The molecular formula is C35H28N4O5. The van der Waals surface area contributed by atoms with Gasteiger partial charge in [0.25, 0.3) is 5.91 Å². The number of carbonyl (C=O) groups excluding carboxylic acids is 5. The zero-order valence-corrected chi connectivity index (χ0v) is 23.5. The smallest absolute Gasteiger partial charge is 0.257 e. The lowest BCUT2D eigenvalue weighted by Crippen LogP contribution is -2.47. The molecule has 5 N–H and O–H groups in total. The van der Waals surface area contributed by atoms with Gasteiger partial charge in [-0.15, -0.1) is 24.7 Å². The summed E-state index contributed by atoms with van der Waals surface area (Å²) >= 11 is 0. The largest absolute Gasteiger partial charge is 0.374 e. The van der Waals surface area contributed by atoms with Crippen LogP contribution in [0.2, 0.25) is 0 Å². The Hall–Kier alpha value is -6.03. The molecule has 0 saturated carbocycles. The monoisotopic (exact) mass is 584 g/mol. The second-order valence-electron chi connectivity index (χ2n) is 9.72. The van der Waals surface area contributed by atoms with Crippen LogP contribution in [0.3, 0.4) is 0 Å². The first-order valence-corrected chi connectivity index (χ1v) is 13.5. The SMILES string of the molecule is C#CCC(NC1=CC(=O)c2ccccc2C1=O)C(=O)NN.C#CCC(NC1=CC(=O)c2ccccc2C1=O)c1ccccc1. The molecule has 0 fully saturated rings. The maximum atomic E-state index is 12.6. The zero-order valence-electron chi connectivity index (χ0n) is 23.5. The van der Waals surface area contributed by atoms with Gasteiger partial charge in [-0.1, -0.05) is 78.9 Å². The van der Waals surface area contributed by atoms with E-state index in [0.717, 1.165) is 11.6 Å². The summed E-state index contributed by atoms with van der Waals surface area (Å²) < 4.78 is 0. The molecule has 0 radical (unpaired) electrons. The molecule has 0 aromatic heterocycles. The van der Waals surface area contributed by atoms with Gasteiger partial charge in [0, 0.05) is 47.2 Å². The van der Waals surface area contributed by atoms with Crippen molar-refractivity contribution < 1.29 is 24.0 Å². The van der Waals surface area contributed by atoms with Crippen molar-refractivity contribution in [1.29, 1.82) is 0 Å². The Morgan fingerprint density at radius 1 is 0.659 bits per heavy atom. The number of amides is 1. The van der Waals surface area contributed by atoms with E-state index in [2.05, 4.69) is 22.5 Å². The van der Waals surface area contributed by atoms with Crippen LogP contribution in [0.5, 0.6) is 0 Å². The number of ketones is 4. The van der Waals surface area contributed by atoms with E-state index in [-0.39, 0.29) is 47.0 Å². The highest BCUT2D eigenvalue weighted by atomic mass is 16.2. The quantitative estimate of drug-likeness (QED) is 0.137. The molecule has 2 aliphatic carbocycles. The molecule has 0 saturated heterocycles. The lowest BCUT2D eigenvalue weighted by Gasteiger charge is -2.22. The maximum Gasteiger partial charge on any atom is 0.257 e. The molecule has 0 bridgehead atoms. The van der Waals surface area contributed by atoms with E-state index in [0.29, 0.717) is 28.7 Å². The number of nitrogens with two attached hydrogens (primary N) is 1.